The second-order valence-electron chi connectivity index (χ2n) is 5.15. The standard InChI is InChI=1S/C19H22N2O4/c1-3-24-12-13-25-17-7-5-4-6-16(17)19(23)21-15-10-8-14(9-11-15)18(22)20-2/h4-11H,3,12-13H2,1-2H3,(H,20,22)(H,21,23). The van der Waals surface area contributed by atoms with Crippen LogP contribution in [0.2, 0.25) is 0 Å². The van der Waals surface area contributed by atoms with E-state index in [0.717, 1.165) is 0 Å². The van der Waals surface area contributed by atoms with Crippen LogP contribution in [0.5, 0.6) is 5.75 Å². The molecule has 2 rings (SSSR count). The quantitative estimate of drug-likeness (QED) is 0.723. The maximum atomic E-state index is 12.5. The maximum absolute atomic E-state index is 12.5. The van der Waals surface area contributed by atoms with Crippen molar-refractivity contribution in [3.63, 3.8) is 0 Å². The highest BCUT2D eigenvalue weighted by Crippen LogP contribution is 2.20. The van der Waals surface area contributed by atoms with Crippen LogP contribution in [0, 0.1) is 0 Å². The minimum absolute atomic E-state index is 0.175. The molecule has 2 N–H and O–H groups in total. The molecular weight excluding hydrogens is 320 g/mol. The first-order valence-corrected chi connectivity index (χ1v) is 8.08. The van der Waals surface area contributed by atoms with Crippen LogP contribution in [0.1, 0.15) is 27.6 Å². The summed E-state index contributed by atoms with van der Waals surface area (Å²) in [7, 11) is 1.57. The van der Waals surface area contributed by atoms with Crippen molar-refractivity contribution < 1.29 is 19.1 Å². The molecule has 0 aromatic heterocycles. The van der Waals surface area contributed by atoms with Crippen molar-refractivity contribution in [2.24, 2.45) is 0 Å². The molecule has 2 aromatic carbocycles. The second kappa shape index (κ2) is 9.44. The zero-order valence-electron chi connectivity index (χ0n) is 14.4. The number of anilines is 1. The Kier molecular flexibility index (Phi) is 6.98. The molecule has 2 amide bonds. The van der Waals surface area contributed by atoms with Crippen LogP contribution >= 0.6 is 0 Å². The van der Waals surface area contributed by atoms with Gasteiger partial charge in [-0.15, -0.1) is 0 Å². The molecule has 0 spiro atoms. The Morgan fingerprint density at radius 1 is 0.960 bits per heavy atom. The number of hydrogen-bond donors (Lipinski definition) is 2. The van der Waals surface area contributed by atoms with E-state index in [1.807, 2.05) is 13.0 Å². The Morgan fingerprint density at radius 3 is 2.36 bits per heavy atom. The largest absolute Gasteiger partial charge is 0.490 e. The van der Waals surface area contributed by atoms with Gasteiger partial charge >= 0.3 is 0 Å². The molecule has 0 radical (unpaired) electrons. The molecule has 132 valence electrons. The second-order valence-corrected chi connectivity index (χ2v) is 5.15. The lowest BCUT2D eigenvalue weighted by Gasteiger charge is -2.12. The van der Waals surface area contributed by atoms with Gasteiger partial charge in [0.25, 0.3) is 11.8 Å². The Balaban J connectivity index is 2.04. The molecular formula is C19H22N2O4. The van der Waals surface area contributed by atoms with E-state index in [-0.39, 0.29) is 11.8 Å². The van der Waals surface area contributed by atoms with Gasteiger partial charge in [0.1, 0.15) is 12.4 Å². The summed E-state index contributed by atoms with van der Waals surface area (Å²) in [5.41, 5.74) is 1.57. The molecule has 0 saturated heterocycles. The van der Waals surface area contributed by atoms with Crippen LogP contribution in [0.25, 0.3) is 0 Å². The van der Waals surface area contributed by atoms with Crippen molar-refractivity contribution in [2.45, 2.75) is 6.92 Å². The summed E-state index contributed by atoms with van der Waals surface area (Å²) in [6.45, 7) is 3.38. The van der Waals surface area contributed by atoms with Gasteiger partial charge in [-0.1, -0.05) is 12.1 Å². The number of nitrogens with one attached hydrogen (secondary N) is 2. The Bertz CT molecular complexity index is 714. The number of rotatable bonds is 8. The first-order chi connectivity index (χ1) is 12.2. The number of carbonyl (C=O) groups excluding carboxylic acids is 2. The van der Waals surface area contributed by atoms with Crippen molar-refractivity contribution >= 4 is 17.5 Å². The molecule has 0 saturated carbocycles. The SMILES string of the molecule is CCOCCOc1ccccc1C(=O)Nc1ccc(C(=O)NC)cc1. The summed E-state index contributed by atoms with van der Waals surface area (Å²) in [4.78, 5) is 24.0. The molecule has 0 aliphatic rings. The first kappa shape index (κ1) is 18.5. The highest BCUT2D eigenvalue weighted by molar-refractivity contribution is 6.06. The van der Waals surface area contributed by atoms with Gasteiger partial charge in [-0.3, -0.25) is 9.59 Å². The van der Waals surface area contributed by atoms with Crippen molar-refractivity contribution in [3.05, 3.63) is 59.7 Å². The number of benzene rings is 2. The highest BCUT2D eigenvalue weighted by Gasteiger charge is 2.12. The van der Waals surface area contributed by atoms with Gasteiger partial charge in [-0.25, -0.2) is 0 Å². The molecule has 0 atom stereocenters. The average Bonchev–Trinajstić information content (AvgIpc) is 2.65. The van der Waals surface area contributed by atoms with Crippen LogP contribution in [-0.4, -0.2) is 38.7 Å². The smallest absolute Gasteiger partial charge is 0.259 e. The van der Waals surface area contributed by atoms with Crippen LogP contribution in [0.4, 0.5) is 5.69 Å². The minimum atomic E-state index is -0.278. The number of hydrogen-bond acceptors (Lipinski definition) is 4. The normalized spacial score (nSPS) is 10.2. The Labute approximate surface area is 147 Å². The van der Waals surface area contributed by atoms with E-state index < -0.39 is 0 Å². The van der Waals surface area contributed by atoms with E-state index in [4.69, 9.17) is 9.47 Å². The van der Waals surface area contributed by atoms with Crippen LogP contribution < -0.4 is 15.4 Å². The third kappa shape index (κ3) is 5.32. The van der Waals surface area contributed by atoms with E-state index in [0.29, 0.717) is 42.4 Å². The zero-order valence-corrected chi connectivity index (χ0v) is 14.4. The van der Waals surface area contributed by atoms with Gasteiger partial charge in [0.2, 0.25) is 0 Å². The van der Waals surface area contributed by atoms with Crippen molar-refractivity contribution in [2.75, 3.05) is 32.2 Å². The number of ether oxygens (including phenoxy) is 2. The molecule has 0 heterocycles. The Morgan fingerprint density at radius 2 is 1.68 bits per heavy atom. The molecule has 0 aliphatic heterocycles. The van der Waals surface area contributed by atoms with E-state index in [1.165, 1.54) is 0 Å². The number of carbonyl (C=O) groups is 2. The molecule has 6 heteroatoms. The third-order valence-electron chi connectivity index (χ3n) is 3.45. The fourth-order valence-corrected chi connectivity index (χ4v) is 2.18. The summed E-state index contributed by atoms with van der Waals surface area (Å²) in [5, 5.41) is 5.35. The fraction of sp³-hybridized carbons (Fsp3) is 0.263. The molecule has 0 unspecified atom stereocenters. The first-order valence-electron chi connectivity index (χ1n) is 8.08. The lowest BCUT2D eigenvalue weighted by atomic mass is 10.1. The average molecular weight is 342 g/mol. The molecule has 0 bridgehead atoms. The van der Waals surface area contributed by atoms with Crippen LogP contribution in [0.15, 0.2) is 48.5 Å². The molecule has 25 heavy (non-hydrogen) atoms. The summed E-state index contributed by atoms with van der Waals surface area (Å²) >= 11 is 0. The predicted octanol–water partition coefficient (Wildman–Crippen LogP) is 2.71. The number of para-hydroxylation sites is 1. The fourth-order valence-electron chi connectivity index (χ4n) is 2.18. The van der Waals surface area contributed by atoms with Crippen LogP contribution in [-0.2, 0) is 4.74 Å². The Hall–Kier alpha value is -2.86. The van der Waals surface area contributed by atoms with E-state index in [2.05, 4.69) is 10.6 Å². The van der Waals surface area contributed by atoms with E-state index >= 15 is 0 Å². The van der Waals surface area contributed by atoms with Gasteiger partial charge in [-0.05, 0) is 43.3 Å². The van der Waals surface area contributed by atoms with Gasteiger partial charge in [0.05, 0.1) is 12.2 Å². The van der Waals surface area contributed by atoms with Crippen molar-refractivity contribution in [3.8, 4) is 5.75 Å². The van der Waals surface area contributed by atoms with Gasteiger partial charge < -0.3 is 20.1 Å². The maximum Gasteiger partial charge on any atom is 0.259 e. The van der Waals surface area contributed by atoms with Gasteiger partial charge in [0.15, 0.2) is 0 Å². The monoisotopic (exact) mass is 342 g/mol. The third-order valence-corrected chi connectivity index (χ3v) is 3.45. The molecule has 2 aromatic rings. The lowest BCUT2D eigenvalue weighted by Crippen LogP contribution is -2.18. The summed E-state index contributed by atoms with van der Waals surface area (Å²) < 4.78 is 10.9. The molecule has 0 fully saturated rings. The highest BCUT2D eigenvalue weighted by atomic mass is 16.5. The lowest BCUT2D eigenvalue weighted by molar-refractivity contribution is 0.0962. The summed E-state index contributed by atoms with van der Waals surface area (Å²) in [5.74, 6) is 0.0484. The summed E-state index contributed by atoms with van der Waals surface area (Å²) in [6.07, 6.45) is 0. The molecule has 0 aliphatic carbocycles. The van der Waals surface area contributed by atoms with Gasteiger partial charge in [0, 0.05) is 24.9 Å². The number of amides is 2. The summed E-state index contributed by atoms with van der Waals surface area (Å²) in [6, 6.07) is 13.7. The minimum Gasteiger partial charge on any atom is -0.490 e. The van der Waals surface area contributed by atoms with Crippen molar-refractivity contribution in [1.82, 2.24) is 5.32 Å². The predicted molar refractivity (Wildman–Crippen MR) is 96.2 cm³/mol. The van der Waals surface area contributed by atoms with Gasteiger partial charge in [-0.2, -0.15) is 0 Å². The topological polar surface area (TPSA) is 76.7 Å². The van der Waals surface area contributed by atoms with Crippen LogP contribution in [0.3, 0.4) is 0 Å². The van der Waals surface area contributed by atoms with Crippen molar-refractivity contribution in [1.29, 1.82) is 0 Å². The van der Waals surface area contributed by atoms with E-state index in [1.54, 1.807) is 49.5 Å². The zero-order chi connectivity index (χ0) is 18.1. The molecule has 6 nitrogen and oxygen atoms in total. The van der Waals surface area contributed by atoms with E-state index in [9.17, 15) is 9.59 Å².